The second-order valence-corrected chi connectivity index (χ2v) is 4.49. The van der Waals surface area contributed by atoms with Gasteiger partial charge in [-0.15, -0.1) is 0 Å². The van der Waals surface area contributed by atoms with Gasteiger partial charge in [0.05, 0.1) is 12.4 Å². The third-order valence-electron chi connectivity index (χ3n) is 3.11. The number of benzene rings is 2. The van der Waals surface area contributed by atoms with E-state index in [0.717, 1.165) is 22.3 Å². The van der Waals surface area contributed by atoms with Gasteiger partial charge in [0.15, 0.2) is 0 Å². The fourth-order valence-corrected chi connectivity index (χ4v) is 2.12. The molecule has 3 rings (SSSR count). The molecule has 0 radical (unpaired) electrons. The number of aromatic hydroxyl groups is 1. The molecule has 0 unspecified atom stereocenters. The zero-order valence-electron chi connectivity index (χ0n) is 10.7. The average molecular weight is 263 g/mol. The van der Waals surface area contributed by atoms with Gasteiger partial charge in [0.1, 0.15) is 5.75 Å². The Morgan fingerprint density at radius 3 is 2.45 bits per heavy atom. The SMILES string of the molecule is Nc1cccc(-c2ccc(O)c(-c3ccnnc3)c2)c1. The summed E-state index contributed by atoms with van der Waals surface area (Å²) in [6.45, 7) is 0. The van der Waals surface area contributed by atoms with Gasteiger partial charge < -0.3 is 10.8 Å². The number of nitrogens with two attached hydrogens (primary N) is 1. The Kier molecular flexibility index (Phi) is 3.05. The first-order chi connectivity index (χ1) is 9.74. The van der Waals surface area contributed by atoms with E-state index in [1.165, 1.54) is 0 Å². The number of anilines is 1. The maximum atomic E-state index is 10.0. The first-order valence-corrected chi connectivity index (χ1v) is 6.20. The van der Waals surface area contributed by atoms with Crippen LogP contribution >= 0.6 is 0 Å². The zero-order chi connectivity index (χ0) is 13.9. The molecule has 0 saturated heterocycles. The first-order valence-electron chi connectivity index (χ1n) is 6.20. The van der Waals surface area contributed by atoms with Crippen molar-refractivity contribution in [1.82, 2.24) is 10.2 Å². The highest BCUT2D eigenvalue weighted by atomic mass is 16.3. The summed E-state index contributed by atoms with van der Waals surface area (Å²) in [7, 11) is 0. The Morgan fingerprint density at radius 1 is 0.850 bits per heavy atom. The predicted octanol–water partition coefficient (Wildman–Crippen LogP) is 3.10. The molecular formula is C16H13N3O. The van der Waals surface area contributed by atoms with E-state index in [1.54, 1.807) is 18.5 Å². The fraction of sp³-hybridized carbons (Fsp3) is 0. The minimum Gasteiger partial charge on any atom is -0.507 e. The number of phenolic OH excluding ortho intramolecular Hbond substituents is 1. The van der Waals surface area contributed by atoms with Crippen LogP contribution in [-0.2, 0) is 0 Å². The summed E-state index contributed by atoms with van der Waals surface area (Å²) in [5, 5.41) is 17.6. The molecule has 3 aromatic rings. The van der Waals surface area contributed by atoms with Crippen molar-refractivity contribution in [3.05, 3.63) is 60.9 Å². The molecule has 0 saturated carbocycles. The van der Waals surface area contributed by atoms with Gasteiger partial charge in [0.2, 0.25) is 0 Å². The lowest BCUT2D eigenvalue weighted by molar-refractivity contribution is 0.477. The second-order valence-electron chi connectivity index (χ2n) is 4.49. The van der Waals surface area contributed by atoms with Crippen molar-refractivity contribution in [2.24, 2.45) is 0 Å². The standard InChI is InChI=1S/C16H13N3O/c17-14-3-1-2-11(8-14)12-4-5-16(20)15(9-12)13-6-7-18-19-10-13/h1-10,20H,17H2. The van der Waals surface area contributed by atoms with Gasteiger partial charge in [-0.25, -0.2) is 0 Å². The van der Waals surface area contributed by atoms with Gasteiger partial charge in [-0.3, -0.25) is 0 Å². The van der Waals surface area contributed by atoms with Crippen molar-refractivity contribution >= 4 is 5.69 Å². The average Bonchev–Trinajstić information content (AvgIpc) is 2.48. The molecular weight excluding hydrogens is 250 g/mol. The quantitative estimate of drug-likeness (QED) is 0.697. The molecule has 0 fully saturated rings. The fourth-order valence-electron chi connectivity index (χ4n) is 2.12. The van der Waals surface area contributed by atoms with Gasteiger partial charge in [-0.2, -0.15) is 10.2 Å². The van der Waals surface area contributed by atoms with Crippen LogP contribution < -0.4 is 5.73 Å². The monoisotopic (exact) mass is 263 g/mol. The van der Waals surface area contributed by atoms with Crippen LogP contribution in [0.15, 0.2) is 60.9 Å². The van der Waals surface area contributed by atoms with Crippen molar-refractivity contribution in [2.45, 2.75) is 0 Å². The number of nitrogen functional groups attached to an aromatic ring is 1. The number of hydrogen-bond acceptors (Lipinski definition) is 4. The van der Waals surface area contributed by atoms with Crippen LogP contribution in [0.25, 0.3) is 22.3 Å². The van der Waals surface area contributed by atoms with E-state index in [4.69, 9.17) is 5.73 Å². The van der Waals surface area contributed by atoms with Gasteiger partial charge in [0, 0.05) is 16.8 Å². The summed E-state index contributed by atoms with van der Waals surface area (Å²) < 4.78 is 0. The summed E-state index contributed by atoms with van der Waals surface area (Å²) in [6, 6.07) is 14.9. The van der Waals surface area contributed by atoms with E-state index in [0.29, 0.717) is 5.69 Å². The highest BCUT2D eigenvalue weighted by Gasteiger charge is 2.07. The van der Waals surface area contributed by atoms with Gasteiger partial charge in [0.25, 0.3) is 0 Å². The highest BCUT2D eigenvalue weighted by Crippen LogP contribution is 2.33. The molecule has 3 N–H and O–H groups in total. The van der Waals surface area contributed by atoms with Gasteiger partial charge >= 0.3 is 0 Å². The third-order valence-corrected chi connectivity index (χ3v) is 3.11. The Labute approximate surface area is 116 Å². The summed E-state index contributed by atoms with van der Waals surface area (Å²) in [6.07, 6.45) is 3.22. The Bertz CT molecular complexity index is 742. The van der Waals surface area contributed by atoms with E-state index in [9.17, 15) is 5.11 Å². The maximum absolute atomic E-state index is 10.0. The van der Waals surface area contributed by atoms with E-state index in [2.05, 4.69) is 10.2 Å². The molecule has 2 aromatic carbocycles. The summed E-state index contributed by atoms with van der Waals surface area (Å²) in [5.74, 6) is 0.214. The van der Waals surface area contributed by atoms with E-state index in [-0.39, 0.29) is 5.75 Å². The number of phenols is 1. The van der Waals surface area contributed by atoms with E-state index in [1.807, 2.05) is 42.5 Å². The van der Waals surface area contributed by atoms with Gasteiger partial charge in [-0.1, -0.05) is 18.2 Å². The first kappa shape index (κ1) is 12.2. The molecule has 4 heteroatoms. The van der Waals surface area contributed by atoms with Crippen LogP contribution in [0.4, 0.5) is 5.69 Å². The molecule has 0 atom stereocenters. The lowest BCUT2D eigenvalue weighted by Crippen LogP contribution is -1.87. The molecule has 0 aliphatic carbocycles. The molecule has 0 bridgehead atoms. The van der Waals surface area contributed by atoms with Crippen molar-refractivity contribution in [3.63, 3.8) is 0 Å². The molecule has 0 aliphatic rings. The van der Waals surface area contributed by atoms with Crippen LogP contribution in [0.5, 0.6) is 5.75 Å². The van der Waals surface area contributed by atoms with Crippen LogP contribution in [-0.4, -0.2) is 15.3 Å². The maximum Gasteiger partial charge on any atom is 0.123 e. The van der Waals surface area contributed by atoms with Crippen LogP contribution in [0, 0.1) is 0 Å². The highest BCUT2D eigenvalue weighted by molar-refractivity contribution is 5.77. The Balaban J connectivity index is 2.12. The minimum absolute atomic E-state index is 0.214. The minimum atomic E-state index is 0.214. The lowest BCUT2D eigenvalue weighted by atomic mass is 9.99. The zero-order valence-corrected chi connectivity index (χ0v) is 10.7. The summed E-state index contributed by atoms with van der Waals surface area (Å²) >= 11 is 0. The van der Waals surface area contributed by atoms with Crippen molar-refractivity contribution in [2.75, 3.05) is 5.73 Å². The van der Waals surface area contributed by atoms with Crippen LogP contribution in [0.2, 0.25) is 0 Å². The normalized spacial score (nSPS) is 10.4. The van der Waals surface area contributed by atoms with Crippen molar-refractivity contribution in [1.29, 1.82) is 0 Å². The van der Waals surface area contributed by atoms with E-state index >= 15 is 0 Å². The third kappa shape index (κ3) is 2.31. The summed E-state index contributed by atoms with van der Waals surface area (Å²) in [4.78, 5) is 0. The smallest absolute Gasteiger partial charge is 0.123 e. The topological polar surface area (TPSA) is 72.0 Å². The van der Waals surface area contributed by atoms with Crippen molar-refractivity contribution < 1.29 is 5.11 Å². The molecule has 1 aromatic heterocycles. The molecule has 20 heavy (non-hydrogen) atoms. The molecule has 0 aliphatic heterocycles. The predicted molar refractivity (Wildman–Crippen MR) is 79.0 cm³/mol. The van der Waals surface area contributed by atoms with E-state index < -0.39 is 0 Å². The van der Waals surface area contributed by atoms with Crippen LogP contribution in [0.3, 0.4) is 0 Å². The second kappa shape index (κ2) is 5.01. The molecule has 1 heterocycles. The number of nitrogens with zero attached hydrogens (tertiary/aromatic N) is 2. The van der Waals surface area contributed by atoms with Gasteiger partial charge in [-0.05, 0) is 41.5 Å². The number of hydrogen-bond donors (Lipinski definition) is 2. The van der Waals surface area contributed by atoms with Crippen LogP contribution in [0.1, 0.15) is 0 Å². The lowest BCUT2D eigenvalue weighted by Gasteiger charge is -2.08. The van der Waals surface area contributed by atoms with Crippen molar-refractivity contribution in [3.8, 4) is 28.0 Å². The molecule has 0 amide bonds. The summed E-state index contributed by atoms with van der Waals surface area (Å²) in [5.41, 5.74) is 10.1. The molecule has 98 valence electrons. The molecule has 0 spiro atoms. The largest absolute Gasteiger partial charge is 0.507 e. The number of aromatic nitrogens is 2. The Morgan fingerprint density at radius 2 is 1.70 bits per heavy atom. The Hall–Kier alpha value is -2.88. The number of rotatable bonds is 2. The molecule has 4 nitrogen and oxygen atoms in total.